The van der Waals surface area contributed by atoms with E-state index in [0.717, 1.165) is 25.4 Å². The summed E-state index contributed by atoms with van der Waals surface area (Å²) in [6.45, 7) is 1.99. The standard InChI is InChI=1S/C13H24N2O/c1-14-12-8-4-5-9-15(13(12)16)10-11-6-2-3-7-11/h11-12,14H,2-10H2,1H3. The van der Waals surface area contributed by atoms with Crippen LogP contribution in [-0.2, 0) is 4.79 Å². The second-order valence-corrected chi connectivity index (χ2v) is 5.27. The van der Waals surface area contributed by atoms with Gasteiger partial charge in [-0.25, -0.2) is 0 Å². The van der Waals surface area contributed by atoms with Gasteiger partial charge in [-0.2, -0.15) is 0 Å². The Morgan fingerprint density at radius 2 is 1.88 bits per heavy atom. The summed E-state index contributed by atoms with van der Waals surface area (Å²) in [6, 6.07) is 0.0731. The van der Waals surface area contributed by atoms with Gasteiger partial charge in [-0.3, -0.25) is 4.79 Å². The summed E-state index contributed by atoms with van der Waals surface area (Å²) in [5.41, 5.74) is 0. The first kappa shape index (κ1) is 11.9. The van der Waals surface area contributed by atoms with E-state index in [2.05, 4.69) is 10.2 Å². The molecule has 1 saturated heterocycles. The van der Waals surface area contributed by atoms with Crippen molar-refractivity contribution >= 4 is 5.91 Å². The minimum absolute atomic E-state index is 0.0731. The molecule has 1 aliphatic carbocycles. The van der Waals surface area contributed by atoms with E-state index in [0.29, 0.717) is 5.91 Å². The smallest absolute Gasteiger partial charge is 0.239 e. The van der Waals surface area contributed by atoms with Crippen molar-refractivity contribution in [1.82, 2.24) is 10.2 Å². The first-order valence-corrected chi connectivity index (χ1v) is 6.77. The van der Waals surface area contributed by atoms with E-state index in [1.165, 1.54) is 38.5 Å². The number of carbonyl (C=O) groups excluding carboxylic acids is 1. The molecule has 0 aromatic rings. The normalized spacial score (nSPS) is 28.4. The van der Waals surface area contributed by atoms with Gasteiger partial charge in [0.15, 0.2) is 0 Å². The van der Waals surface area contributed by atoms with Crippen molar-refractivity contribution in [2.75, 3.05) is 20.1 Å². The Labute approximate surface area is 98.6 Å². The highest BCUT2D eigenvalue weighted by Crippen LogP contribution is 2.26. The molecule has 1 heterocycles. The van der Waals surface area contributed by atoms with Gasteiger partial charge >= 0.3 is 0 Å². The lowest BCUT2D eigenvalue weighted by molar-refractivity contribution is -0.133. The average molecular weight is 224 g/mol. The maximum atomic E-state index is 12.2. The topological polar surface area (TPSA) is 32.3 Å². The van der Waals surface area contributed by atoms with E-state index in [1.54, 1.807) is 0 Å². The quantitative estimate of drug-likeness (QED) is 0.792. The molecular formula is C13H24N2O. The Morgan fingerprint density at radius 1 is 1.19 bits per heavy atom. The molecule has 1 atom stereocenters. The van der Waals surface area contributed by atoms with Crippen molar-refractivity contribution in [3.8, 4) is 0 Å². The number of hydrogen-bond donors (Lipinski definition) is 1. The van der Waals surface area contributed by atoms with Crippen LogP contribution in [0.15, 0.2) is 0 Å². The number of amides is 1. The molecule has 1 N–H and O–H groups in total. The molecule has 1 aliphatic heterocycles. The van der Waals surface area contributed by atoms with Crippen LogP contribution in [0.25, 0.3) is 0 Å². The number of nitrogens with zero attached hydrogens (tertiary/aromatic N) is 1. The minimum Gasteiger partial charge on any atom is -0.341 e. The zero-order valence-electron chi connectivity index (χ0n) is 10.4. The van der Waals surface area contributed by atoms with Crippen LogP contribution >= 0.6 is 0 Å². The van der Waals surface area contributed by atoms with E-state index < -0.39 is 0 Å². The number of rotatable bonds is 3. The fraction of sp³-hybridized carbons (Fsp3) is 0.923. The maximum Gasteiger partial charge on any atom is 0.239 e. The van der Waals surface area contributed by atoms with E-state index in [1.807, 2.05) is 7.05 Å². The first-order valence-electron chi connectivity index (χ1n) is 6.77. The molecule has 0 aromatic carbocycles. The highest BCUT2D eigenvalue weighted by Gasteiger charge is 2.28. The van der Waals surface area contributed by atoms with Crippen molar-refractivity contribution in [3.05, 3.63) is 0 Å². The zero-order chi connectivity index (χ0) is 11.4. The fourth-order valence-electron chi connectivity index (χ4n) is 3.06. The lowest BCUT2D eigenvalue weighted by Gasteiger charge is -2.26. The largest absolute Gasteiger partial charge is 0.341 e. The fourth-order valence-corrected chi connectivity index (χ4v) is 3.06. The second-order valence-electron chi connectivity index (χ2n) is 5.27. The van der Waals surface area contributed by atoms with Crippen LogP contribution in [0.5, 0.6) is 0 Å². The number of likely N-dealkylation sites (N-methyl/N-ethyl adjacent to an activating group) is 1. The van der Waals surface area contributed by atoms with E-state index >= 15 is 0 Å². The molecule has 0 radical (unpaired) electrons. The summed E-state index contributed by atoms with van der Waals surface area (Å²) in [5, 5.41) is 3.16. The molecule has 2 aliphatic rings. The monoisotopic (exact) mass is 224 g/mol. The van der Waals surface area contributed by atoms with Gasteiger partial charge in [0.1, 0.15) is 0 Å². The van der Waals surface area contributed by atoms with Crippen LogP contribution < -0.4 is 5.32 Å². The Kier molecular flexibility index (Phi) is 4.22. The van der Waals surface area contributed by atoms with E-state index in [9.17, 15) is 4.79 Å². The molecule has 1 unspecified atom stereocenters. The van der Waals surface area contributed by atoms with Gasteiger partial charge in [-0.15, -0.1) is 0 Å². The number of nitrogens with one attached hydrogen (secondary N) is 1. The summed E-state index contributed by atoms with van der Waals surface area (Å²) in [5.74, 6) is 1.12. The predicted octanol–water partition coefficient (Wildman–Crippen LogP) is 1.78. The summed E-state index contributed by atoms with van der Waals surface area (Å²) in [6.07, 6.45) is 8.75. The van der Waals surface area contributed by atoms with Crippen molar-refractivity contribution < 1.29 is 4.79 Å². The van der Waals surface area contributed by atoms with Crippen LogP contribution in [0, 0.1) is 5.92 Å². The number of likely N-dealkylation sites (tertiary alicyclic amines) is 1. The summed E-state index contributed by atoms with van der Waals surface area (Å²) in [4.78, 5) is 14.3. The third-order valence-corrected chi connectivity index (χ3v) is 4.08. The molecule has 3 heteroatoms. The van der Waals surface area contributed by atoms with Gasteiger partial charge in [0, 0.05) is 13.1 Å². The minimum atomic E-state index is 0.0731. The third-order valence-electron chi connectivity index (χ3n) is 4.08. The first-order chi connectivity index (χ1) is 7.81. The molecule has 0 aromatic heterocycles. The van der Waals surface area contributed by atoms with Crippen molar-refractivity contribution in [3.63, 3.8) is 0 Å². The van der Waals surface area contributed by atoms with Gasteiger partial charge in [0.25, 0.3) is 0 Å². The van der Waals surface area contributed by atoms with Gasteiger partial charge in [-0.1, -0.05) is 12.8 Å². The van der Waals surface area contributed by atoms with Crippen LogP contribution in [0.4, 0.5) is 0 Å². The van der Waals surface area contributed by atoms with E-state index in [4.69, 9.17) is 0 Å². The highest BCUT2D eigenvalue weighted by molar-refractivity contribution is 5.82. The van der Waals surface area contributed by atoms with Crippen molar-refractivity contribution in [1.29, 1.82) is 0 Å². The summed E-state index contributed by atoms with van der Waals surface area (Å²) in [7, 11) is 1.90. The van der Waals surface area contributed by atoms with Crippen molar-refractivity contribution in [2.45, 2.75) is 51.0 Å². The Hall–Kier alpha value is -0.570. The number of carbonyl (C=O) groups is 1. The molecule has 1 amide bonds. The molecule has 2 rings (SSSR count). The van der Waals surface area contributed by atoms with E-state index in [-0.39, 0.29) is 6.04 Å². The Bertz CT molecular complexity index is 236. The molecule has 0 bridgehead atoms. The molecule has 1 saturated carbocycles. The van der Waals surface area contributed by atoms with Crippen LogP contribution in [0.1, 0.15) is 44.9 Å². The molecular weight excluding hydrogens is 200 g/mol. The van der Waals surface area contributed by atoms with Crippen LogP contribution in [0.3, 0.4) is 0 Å². The summed E-state index contributed by atoms with van der Waals surface area (Å²) >= 11 is 0. The Balaban J connectivity index is 1.92. The van der Waals surface area contributed by atoms with Gasteiger partial charge in [-0.05, 0) is 45.1 Å². The van der Waals surface area contributed by atoms with Gasteiger partial charge < -0.3 is 10.2 Å². The lowest BCUT2D eigenvalue weighted by Crippen LogP contribution is -2.45. The second kappa shape index (κ2) is 5.67. The maximum absolute atomic E-state index is 12.2. The number of hydrogen-bond acceptors (Lipinski definition) is 2. The van der Waals surface area contributed by atoms with Gasteiger partial charge in [0.05, 0.1) is 6.04 Å². The predicted molar refractivity (Wildman–Crippen MR) is 65.2 cm³/mol. The molecule has 0 spiro atoms. The third kappa shape index (κ3) is 2.76. The average Bonchev–Trinajstić information content (AvgIpc) is 2.73. The van der Waals surface area contributed by atoms with Crippen LogP contribution in [-0.4, -0.2) is 37.0 Å². The van der Waals surface area contributed by atoms with Crippen molar-refractivity contribution in [2.24, 2.45) is 5.92 Å². The molecule has 2 fully saturated rings. The zero-order valence-corrected chi connectivity index (χ0v) is 10.4. The lowest BCUT2D eigenvalue weighted by atomic mass is 10.1. The molecule has 92 valence electrons. The SMILES string of the molecule is CNC1CCCCN(CC2CCCC2)C1=O. The highest BCUT2D eigenvalue weighted by atomic mass is 16.2. The molecule has 3 nitrogen and oxygen atoms in total. The molecule has 16 heavy (non-hydrogen) atoms. The summed E-state index contributed by atoms with van der Waals surface area (Å²) < 4.78 is 0. The van der Waals surface area contributed by atoms with Crippen LogP contribution in [0.2, 0.25) is 0 Å². The van der Waals surface area contributed by atoms with Gasteiger partial charge in [0.2, 0.25) is 5.91 Å². The Morgan fingerprint density at radius 3 is 2.56 bits per heavy atom.